The van der Waals surface area contributed by atoms with Crippen LogP contribution in [0.25, 0.3) is 22.4 Å². The van der Waals surface area contributed by atoms with Crippen molar-refractivity contribution in [3.8, 4) is 11.4 Å². The number of nitrogens with zero attached hydrogens (tertiary/aromatic N) is 2. The number of hydrogen-bond acceptors (Lipinski definition) is 7. The lowest BCUT2D eigenvalue weighted by Crippen LogP contribution is -2.42. The van der Waals surface area contributed by atoms with Gasteiger partial charge >= 0.3 is 0 Å². The monoisotopic (exact) mass is 375 g/mol. The molecule has 9 heteroatoms. The number of rotatable bonds is 5. The smallest absolute Gasteiger partial charge is 0.278 e. The van der Waals surface area contributed by atoms with E-state index in [1.54, 1.807) is 6.07 Å². The molecule has 1 aromatic rings. The molecular formula is C18H21N3O6. The lowest BCUT2D eigenvalue weighted by molar-refractivity contribution is -0.0802. The van der Waals surface area contributed by atoms with Crippen molar-refractivity contribution in [1.29, 1.82) is 0 Å². The van der Waals surface area contributed by atoms with E-state index in [4.69, 9.17) is 5.11 Å². The van der Waals surface area contributed by atoms with Crippen molar-refractivity contribution in [1.82, 2.24) is 14.5 Å². The first-order chi connectivity index (χ1) is 12.7. The summed E-state index contributed by atoms with van der Waals surface area (Å²) in [7, 11) is 0. The second-order valence-electron chi connectivity index (χ2n) is 6.65. The van der Waals surface area contributed by atoms with Crippen molar-refractivity contribution >= 4 is 11.0 Å². The number of aliphatic hydroxyl groups excluding tert-OH is 4. The number of nitrogens with one attached hydrogen (secondary N) is 1. The molecule has 5 N–H and O–H groups in total. The predicted octanol–water partition coefficient (Wildman–Crippen LogP) is -1.12. The summed E-state index contributed by atoms with van der Waals surface area (Å²) in [6, 6.07) is 4.79. The summed E-state index contributed by atoms with van der Waals surface area (Å²) in [6.45, 7) is 2.84. The average molecular weight is 375 g/mol. The molecule has 0 radical (unpaired) electrons. The number of H-pyrrole nitrogens is 1. The number of pyridine rings is 1. The Kier molecular flexibility index (Phi) is 5.11. The zero-order valence-corrected chi connectivity index (χ0v) is 14.9. The molecule has 0 amide bonds. The number of fused-ring (bicyclic) bond motifs is 2. The topological polar surface area (TPSA) is 149 Å². The fraction of sp³-hybridized carbons (Fsp3) is 0.389. The van der Waals surface area contributed by atoms with Gasteiger partial charge in [0.15, 0.2) is 5.69 Å². The molecule has 3 rings (SSSR count). The Balaban J connectivity index is 2.28. The Labute approximate surface area is 153 Å². The first-order valence-electron chi connectivity index (χ1n) is 8.42. The van der Waals surface area contributed by atoms with E-state index in [9.17, 15) is 24.9 Å². The number of aromatic nitrogens is 3. The molecule has 0 spiro atoms. The lowest BCUT2D eigenvalue weighted by Gasteiger charge is -2.25. The van der Waals surface area contributed by atoms with Crippen LogP contribution in [0.4, 0.5) is 0 Å². The summed E-state index contributed by atoms with van der Waals surface area (Å²) in [5, 5.41) is 38.9. The molecule has 0 bridgehead atoms. The van der Waals surface area contributed by atoms with Gasteiger partial charge in [0, 0.05) is 6.07 Å². The van der Waals surface area contributed by atoms with Crippen molar-refractivity contribution < 1.29 is 20.4 Å². The second kappa shape index (κ2) is 7.20. The molecule has 2 aliphatic rings. The summed E-state index contributed by atoms with van der Waals surface area (Å²) in [5.41, 5.74) is 1.89. The molecule has 9 nitrogen and oxygen atoms in total. The summed E-state index contributed by atoms with van der Waals surface area (Å²) in [4.78, 5) is 30.5. The Morgan fingerprint density at radius 2 is 1.74 bits per heavy atom. The van der Waals surface area contributed by atoms with Gasteiger partial charge in [-0.15, -0.1) is 0 Å². The predicted molar refractivity (Wildman–Crippen MR) is 97.8 cm³/mol. The molecule has 144 valence electrons. The maximum Gasteiger partial charge on any atom is 0.278 e. The summed E-state index contributed by atoms with van der Waals surface area (Å²) in [5.74, 6) is 0. The molecule has 0 saturated carbocycles. The van der Waals surface area contributed by atoms with E-state index in [0.717, 1.165) is 11.1 Å². The molecule has 3 unspecified atom stereocenters. The van der Waals surface area contributed by atoms with Crippen molar-refractivity contribution in [3.05, 3.63) is 50.0 Å². The summed E-state index contributed by atoms with van der Waals surface area (Å²) >= 11 is 0. The van der Waals surface area contributed by atoms with Crippen molar-refractivity contribution in [3.63, 3.8) is 0 Å². The van der Waals surface area contributed by atoms with E-state index in [2.05, 4.69) is 9.97 Å². The Morgan fingerprint density at radius 3 is 2.41 bits per heavy atom. The Hall–Kier alpha value is -2.59. The lowest BCUT2D eigenvalue weighted by atomic mass is 10.1. The van der Waals surface area contributed by atoms with Crippen molar-refractivity contribution in [2.24, 2.45) is 0 Å². The molecule has 2 heterocycles. The number of aliphatic hydroxyl groups is 4. The molecule has 0 aromatic heterocycles. The van der Waals surface area contributed by atoms with Crippen LogP contribution in [-0.2, 0) is 6.54 Å². The SMILES string of the molecule is Cc1cc2nc3c(=O)[nH]c(=O)cc-3n(CC(O)C(O)C(O)CO)c2cc1C. The summed E-state index contributed by atoms with van der Waals surface area (Å²) < 4.78 is 1.51. The Morgan fingerprint density at radius 1 is 1.07 bits per heavy atom. The minimum atomic E-state index is -1.61. The van der Waals surface area contributed by atoms with Gasteiger partial charge in [-0.05, 0) is 37.1 Å². The van der Waals surface area contributed by atoms with Crippen LogP contribution < -0.4 is 11.1 Å². The first-order valence-corrected chi connectivity index (χ1v) is 8.42. The van der Waals surface area contributed by atoms with Crippen molar-refractivity contribution in [2.45, 2.75) is 38.7 Å². The van der Waals surface area contributed by atoms with Gasteiger partial charge in [0.2, 0.25) is 0 Å². The highest BCUT2D eigenvalue weighted by Gasteiger charge is 2.27. The standard InChI is InChI=1S/C18H21N3O6/c1-8-3-10-11(4-9(8)2)21(6-13(23)17(26)14(24)7-22)12-5-15(25)20-18(27)16(12)19-10/h3-5,13-14,17,22-24,26H,6-7H2,1-2H3,(H,20,25,27). The van der Waals surface area contributed by atoms with Crippen LogP contribution in [-0.4, -0.2) is 59.9 Å². The van der Waals surface area contributed by atoms with Gasteiger partial charge in [0.1, 0.15) is 18.3 Å². The molecule has 0 fully saturated rings. The fourth-order valence-corrected chi connectivity index (χ4v) is 3.03. The quantitative estimate of drug-likeness (QED) is 0.355. The third kappa shape index (κ3) is 3.50. The largest absolute Gasteiger partial charge is 0.394 e. The van der Waals surface area contributed by atoms with Gasteiger partial charge in [-0.2, -0.15) is 0 Å². The van der Waals surface area contributed by atoms with Crippen molar-refractivity contribution in [2.75, 3.05) is 6.61 Å². The molecule has 27 heavy (non-hydrogen) atoms. The van der Waals surface area contributed by atoms with Crippen LogP contribution in [0.2, 0.25) is 0 Å². The highest BCUT2D eigenvalue weighted by Crippen LogP contribution is 2.25. The van der Waals surface area contributed by atoms with Gasteiger partial charge in [-0.25, -0.2) is 4.98 Å². The van der Waals surface area contributed by atoms with Gasteiger partial charge in [-0.3, -0.25) is 14.6 Å². The van der Waals surface area contributed by atoms with Gasteiger partial charge < -0.3 is 25.0 Å². The van der Waals surface area contributed by atoms with E-state index in [-0.39, 0.29) is 17.9 Å². The van der Waals surface area contributed by atoms with Gasteiger partial charge in [0.25, 0.3) is 11.1 Å². The van der Waals surface area contributed by atoms with Crippen LogP contribution in [0.15, 0.2) is 27.8 Å². The van der Waals surface area contributed by atoms with E-state index in [1.165, 1.54) is 10.6 Å². The van der Waals surface area contributed by atoms with Crippen LogP contribution in [0.5, 0.6) is 0 Å². The zero-order valence-electron chi connectivity index (χ0n) is 14.9. The van der Waals surface area contributed by atoms with Crippen LogP contribution in [0.3, 0.4) is 0 Å². The normalized spacial score (nSPS) is 15.2. The number of hydrogen-bond donors (Lipinski definition) is 5. The van der Waals surface area contributed by atoms with E-state index >= 15 is 0 Å². The highest BCUT2D eigenvalue weighted by atomic mass is 16.4. The highest BCUT2D eigenvalue weighted by molar-refractivity contribution is 5.81. The minimum Gasteiger partial charge on any atom is -0.394 e. The minimum absolute atomic E-state index is 0.0229. The number of aryl methyl sites for hydroxylation is 2. The number of aromatic amines is 1. The maximum absolute atomic E-state index is 12.2. The molecule has 1 aromatic carbocycles. The van der Waals surface area contributed by atoms with E-state index in [1.807, 2.05) is 19.9 Å². The molecule has 3 atom stereocenters. The second-order valence-corrected chi connectivity index (χ2v) is 6.65. The molecular weight excluding hydrogens is 354 g/mol. The van der Waals surface area contributed by atoms with Gasteiger partial charge in [-0.1, -0.05) is 0 Å². The van der Waals surface area contributed by atoms with E-state index < -0.39 is 36.0 Å². The van der Waals surface area contributed by atoms with E-state index in [0.29, 0.717) is 11.0 Å². The zero-order chi connectivity index (χ0) is 19.9. The maximum atomic E-state index is 12.2. The summed E-state index contributed by atoms with van der Waals surface area (Å²) in [6.07, 6.45) is -4.59. The molecule has 2 aliphatic heterocycles. The number of benzene rings is 1. The third-order valence-electron chi connectivity index (χ3n) is 4.71. The van der Waals surface area contributed by atoms with Crippen LogP contribution in [0.1, 0.15) is 11.1 Å². The van der Waals surface area contributed by atoms with Crippen LogP contribution >= 0.6 is 0 Å². The third-order valence-corrected chi connectivity index (χ3v) is 4.71. The Bertz CT molecular complexity index is 1070. The average Bonchev–Trinajstić information content (AvgIpc) is 2.62. The molecule has 0 saturated heterocycles. The van der Waals surface area contributed by atoms with Crippen LogP contribution in [0, 0.1) is 13.8 Å². The van der Waals surface area contributed by atoms with Gasteiger partial charge in [0.05, 0.1) is 29.9 Å². The molecule has 0 aliphatic carbocycles. The first kappa shape index (κ1) is 19.2. The fourth-order valence-electron chi connectivity index (χ4n) is 3.03.